The zero-order chi connectivity index (χ0) is 15.7. The Balaban J connectivity index is 1.38. The predicted molar refractivity (Wildman–Crippen MR) is 83.1 cm³/mol. The van der Waals surface area contributed by atoms with Gasteiger partial charge in [-0.05, 0) is 19.3 Å². The van der Waals surface area contributed by atoms with Crippen molar-refractivity contribution in [2.24, 2.45) is 0 Å². The SMILES string of the molecule is CO[C@@H]1O[C@@H]([C@H]2COC3(CCCCC3)O2)C[C@H]1N1CCOCC1. The third kappa shape index (κ3) is 3.30. The Morgan fingerprint density at radius 3 is 2.57 bits per heavy atom. The summed E-state index contributed by atoms with van der Waals surface area (Å²) in [6.07, 6.45) is 6.63. The summed E-state index contributed by atoms with van der Waals surface area (Å²) in [4.78, 5) is 2.43. The van der Waals surface area contributed by atoms with Crippen molar-refractivity contribution in [2.45, 2.75) is 68.9 Å². The van der Waals surface area contributed by atoms with Gasteiger partial charge in [0.05, 0.1) is 32.0 Å². The fourth-order valence-corrected chi connectivity index (χ4v) is 4.46. The summed E-state index contributed by atoms with van der Waals surface area (Å²) in [5.74, 6) is -0.327. The molecule has 4 rings (SSSR count). The van der Waals surface area contributed by atoms with Crippen molar-refractivity contribution in [3.8, 4) is 0 Å². The van der Waals surface area contributed by atoms with Crippen LogP contribution in [0.2, 0.25) is 0 Å². The highest BCUT2D eigenvalue weighted by atomic mass is 16.8. The molecule has 0 aromatic rings. The standard InChI is InChI=1S/C17H29NO5/c1-19-16-13(18-7-9-20-10-8-18)11-14(22-16)15-12-21-17(23-15)5-3-2-4-6-17/h13-16H,2-12H2,1H3/t13-,14-,15-,16-/m1/s1. The minimum Gasteiger partial charge on any atom is -0.379 e. The molecule has 132 valence electrons. The molecule has 3 saturated heterocycles. The Bertz CT molecular complexity index is 394. The third-order valence-electron chi connectivity index (χ3n) is 5.75. The van der Waals surface area contributed by atoms with Crippen LogP contribution in [0.15, 0.2) is 0 Å². The molecule has 4 atom stereocenters. The van der Waals surface area contributed by atoms with Crippen LogP contribution in [0.25, 0.3) is 0 Å². The van der Waals surface area contributed by atoms with E-state index in [2.05, 4.69) is 4.90 Å². The molecule has 0 N–H and O–H groups in total. The molecule has 3 aliphatic heterocycles. The molecule has 4 aliphatic rings. The molecule has 1 saturated carbocycles. The molecule has 4 fully saturated rings. The van der Waals surface area contributed by atoms with Crippen molar-refractivity contribution in [1.29, 1.82) is 0 Å². The van der Waals surface area contributed by atoms with Crippen molar-refractivity contribution in [3.63, 3.8) is 0 Å². The Hall–Kier alpha value is -0.240. The smallest absolute Gasteiger partial charge is 0.173 e. The lowest BCUT2D eigenvalue weighted by atomic mass is 9.94. The lowest BCUT2D eigenvalue weighted by Gasteiger charge is -2.33. The molecule has 6 heteroatoms. The molecule has 6 nitrogen and oxygen atoms in total. The summed E-state index contributed by atoms with van der Waals surface area (Å²) in [7, 11) is 1.73. The number of hydrogen-bond acceptors (Lipinski definition) is 6. The molecule has 0 amide bonds. The second-order valence-electron chi connectivity index (χ2n) is 7.17. The first-order valence-corrected chi connectivity index (χ1v) is 9.11. The number of rotatable bonds is 3. The van der Waals surface area contributed by atoms with E-state index in [1.54, 1.807) is 7.11 Å². The second-order valence-corrected chi connectivity index (χ2v) is 7.17. The van der Waals surface area contributed by atoms with Gasteiger partial charge in [0.15, 0.2) is 12.1 Å². The average Bonchev–Trinajstić information content (AvgIpc) is 3.21. The summed E-state index contributed by atoms with van der Waals surface area (Å²) in [6.45, 7) is 4.14. The van der Waals surface area contributed by atoms with Gasteiger partial charge >= 0.3 is 0 Å². The zero-order valence-electron chi connectivity index (χ0n) is 14.1. The van der Waals surface area contributed by atoms with E-state index in [-0.39, 0.29) is 24.3 Å². The van der Waals surface area contributed by atoms with Crippen LogP contribution >= 0.6 is 0 Å². The van der Waals surface area contributed by atoms with Gasteiger partial charge in [0.25, 0.3) is 0 Å². The Kier molecular flexibility index (Phi) is 4.90. The van der Waals surface area contributed by atoms with E-state index in [1.165, 1.54) is 19.3 Å². The number of morpholine rings is 1. The van der Waals surface area contributed by atoms with Crippen LogP contribution in [-0.4, -0.2) is 75.2 Å². The second kappa shape index (κ2) is 6.94. The summed E-state index contributed by atoms with van der Waals surface area (Å²) in [5, 5.41) is 0. The third-order valence-corrected chi connectivity index (χ3v) is 5.75. The highest BCUT2D eigenvalue weighted by Gasteiger charge is 2.49. The van der Waals surface area contributed by atoms with Crippen molar-refractivity contribution in [3.05, 3.63) is 0 Å². The normalized spacial score (nSPS) is 41.6. The fraction of sp³-hybridized carbons (Fsp3) is 1.00. The van der Waals surface area contributed by atoms with Gasteiger partial charge < -0.3 is 23.7 Å². The van der Waals surface area contributed by atoms with Gasteiger partial charge in [-0.2, -0.15) is 0 Å². The molecule has 0 bridgehead atoms. The molecule has 0 radical (unpaired) electrons. The molecule has 0 unspecified atom stereocenters. The van der Waals surface area contributed by atoms with Crippen molar-refractivity contribution < 1.29 is 23.7 Å². The topological polar surface area (TPSA) is 49.4 Å². The summed E-state index contributed by atoms with van der Waals surface area (Å²) in [6, 6.07) is 0.292. The molecular weight excluding hydrogens is 298 g/mol. The van der Waals surface area contributed by atoms with Gasteiger partial charge in [0.2, 0.25) is 0 Å². The van der Waals surface area contributed by atoms with Crippen LogP contribution in [-0.2, 0) is 23.7 Å². The minimum atomic E-state index is -0.327. The van der Waals surface area contributed by atoms with E-state index < -0.39 is 0 Å². The molecule has 0 aromatic carbocycles. The maximum Gasteiger partial charge on any atom is 0.173 e. The molecule has 1 aliphatic carbocycles. The average molecular weight is 327 g/mol. The Morgan fingerprint density at radius 2 is 1.83 bits per heavy atom. The summed E-state index contributed by atoms with van der Waals surface area (Å²) in [5.41, 5.74) is 0. The van der Waals surface area contributed by atoms with E-state index in [1.807, 2.05) is 0 Å². The molecule has 3 heterocycles. The minimum absolute atomic E-state index is 0.0387. The van der Waals surface area contributed by atoms with Gasteiger partial charge in [0, 0.05) is 33.0 Å². The Labute approximate surface area is 138 Å². The van der Waals surface area contributed by atoms with Crippen LogP contribution < -0.4 is 0 Å². The van der Waals surface area contributed by atoms with Crippen molar-refractivity contribution >= 4 is 0 Å². The molecule has 1 spiro atoms. The molecule has 23 heavy (non-hydrogen) atoms. The van der Waals surface area contributed by atoms with Gasteiger partial charge in [0.1, 0.15) is 6.10 Å². The van der Waals surface area contributed by atoms with Gasteiger partial charge in [-0.25, -0.2) is 0 Å². The van der Waals surface area contributed by atoms with E-state index in [0.717, 1.165) is 45.6 Å². The fourth-order valence-electron chi connectivity index (χ4n) is 4.46. The van der Waals surface area contributed by atoms with Crippen molar-refractivity contribution in [2.75, 3.05) is 40.0 Å². The van der Waals surface area contributed by atoms with Gasteiger partial charge in [-0.1, -0.05) is 6.42 Å². The number of hydrogen-bond donors (Lipinski definition) is 0. The van der Waals surface area contributed by atoms with Gasteiger partial charge in [-0.3, -0.25) is 4.90 Å². The maximum absolute atomic E-state index is 6.36. The highest BCUT2D eigenvalue weighted by molar-refractivity contribution is 4.93. The van der Waals surface area contributed by atoms with Gasteiger partial charge in [-0.15, -0.1) is 0 Å². The first-order chi connectivity index (χ1) is 11.3. The van der Waals surface area contributed by atoms with E-state index in [9.17, 15) is 0 Å². The lowest BCUT2D eigenvalue weighted by molar-refractivity contribution is -0.207. The largest absolute Gasteiger partial charge is 0.379 e. The van der Waals surface area contributed by atoms with E-state index in [0.29, 0.717) is 12.6 Å². The Morgan fingerprint density at radius 1 is 1.04 bits per heavy atom. The van der Waals surface area contributed by atoms with Crippen LogP contribution in [0.5, 0.6) is 0 Å². The lowest BCUT2D eigenvalue weighted by Crippen LogP contribution is -2.47. The maximum atomic E-state index is 6.36. The van der Waals surface area contributed by atoms with E-state index in [4.69, 9.17) is 23.7 Å². The first-order valence-electron chi connectivity index (χ1n) is 9.11. The predicted octanol–water partition coefficient (Wildman–Crippen LogP) is 1.52. The van der Waals surface area contributed by atoms with Crippen LogP contribution in [0.3, 0.4) is 0 Å². The van der Waals surface area contributed by atoms with Crippen LogP contribution in [0.1, 0.15) is 38.5 Å². The highest BCUT2D eigenvalue weighted by Crippen LogP contribution is 2.41. The van der Waals surface area contributed by atoms with Crippen molar-refractivity contribution in [1.82, 2.24) is 4.90 Å². The zero-order valence-corrected chi connectivity index (χ0v) is 14.1. The molecular formula is C17H29NO5. The monoisotopic (exact) mass is 327 g/mol. The number of nitrogens with zero attached hydrogens (tertiary/aromatic N) is 1. The summed E-state index contributed by atoms with van der Waals surface area (Å²) < 4.78 is 29.7. The van der Waals surface area contributed by atoms with Crippen LogP contribution in [0, 0.1) is 0 Å². The number of ether oxygens (including phenoxy) is 5. The first kappa shape index (κ1) is 16.2. The number of methoxy groups -OCH3 is 1. The quantitative estimate of drug-likeness (QED) is 0.783. The van der Waals surface area contributed by atoms with E-state index >= 15 is 0 Å². The molecule has 0 aromatic heterocycles. The summed E-state index contributed by atoms with van der Waals surface area (Å²) >= 11 is 0. The van der Waals surface area contributed by atoms with Crippen LogP contribution in [0.4, 0.5) is 0 Å².